The lowest BCUT2D eigenvalue weighted by molar-refractivity contribution is -0.385. The number of carbonyl (C=O) groups excluding carboxylic acids is 1. The van der Waals surface area contributed by atoms with Gasteiger partial charge in [-0.3, -0.25) is 14.9 Å². The number of thioether (sulfide) groups is 1. The maximum absolute atomic E-state index is 12.2. The van der Waals surface area contributed by atoms with Gasteiger partial charge in [-0.15, -0.1) is 0 Å². The van der Waals surface area contributed by atoms with Gasteiger partial charge in [0.1, 0.15) is 0 Å². The minimum Gasteiger partial charge on any atom is -0.300 e. The number of hydrogen-bond donors (Lipinski definition) is 1. The van der Waals surface area contributed by atoms with Crippen molar-refractivity contribution in [1.29, 1.82) is 0 Å². The fourth-order valence-electron chi connectivity index (χ4n) is 2.68. The van der Waals surface area contributed by atoms with Crippen molar-refractivity contribution >= 4 is 40.3 Å². The Bertz CT molecular complexity index is 960. The van der Waals surface area contributed by atoms with Crippen LogP contribution in [0.2, 0.25) is 0 Å². The number of aliphatic imine (C=N–C) groups is 1. The molecule has 0 bridgehead atoms. The second-order valence-corrected chi connectivity index (χ2v) is 7.16. The van der Waals surface area contributed by atoms with Gasteiger partial charge in [0.2, 0.25) is 0 Å². The first kappa shape index (κ1) is 17.9. The number of amides is 1. The lowest BCUT2D eigenvalue weighted by Gasteiger charge is -2.01. The third-order valence-corrected chi connectivity index (χ3v) is 4.73. The van der Waals surface area contributed by atoms with Crippen LogP contribution in [0, 0.1) is 30.9 Å². The number of nitro groups is 1. The van der Waals surface area contributed by atoms with E-state index in [0.717, 1.165) is 16.8 Å². The summed E-state index contributed by atoms with van der Waals surface area (Å²) in [5.74, 6) is -0.263. The topological polar surface area (TPSA) is 84.6 Å². The third-order valence-electron chi connectivity index (χ3n) is 3.82. The van der Waals surface area contributed by atoms with E-state index in [0.29, 0.717) is 21.2 Å². The van der Waals surface area contributed by atoms with Crippen LogP contribution in [-0.4, -0.2) is 16.0 Å². The molecule has 0 spiro atoms. The van der Waals surface area contributed by atoms with Gasteiger partial charge in [0.25, 0.3) is 11.6 Å². The Morgan fingerprint density at radius 3 is 2.46 bits per heavy atom. The van der Waals surface area contributed by atoms with Gasteiger partial charge in [-0.05, 0) is 67.4 Å². The zero-order chi connectivity index (χ0) is 18.8. The van der Waals surface area contributed by atoms with Crippen molar-refractivity contribution in [2.24, 2.45) is 4.99 Å². The molecule has 6 nitrogen and oxygen atoms in total. The molecule has 2 aromatic rings. The van der Waals surface area contributed by atoms with Gasteiger partial charge in [0, 0.05) is 11.6 Å². The second-order valence-electron chi connectivity index (χ2n) is 6.13. The summed E-state index contributed by atoms with van der Waals surface area (Å²) in [6, 6.07) is 10.8. The molecule has 0 atom stereocenters. The number of nitrogens with one attached hydrogen (secondary N) is 1. The van der Waals surface area contributed by atoms with Crippen molar-refractivity contribution in [3.05, 3.63) is 73.7 Å². The number of benzene rings is 2. The van der Waals surface area contributed by atoms with Crippen molar-refractivity contribution in [3.8, 4) is 0 Å². The van der Waals surface area contributed by atoms with Crippen molar-refractivity contribution in [2.45, 2.75) is 20.8 Å². The van der Waals surface area contributed by atoms with Gasteiger partial charge in [-0.1, -0.05) is 18.2 Å². The Morgan fingerprint density at radius 1 is 1.12 bits per heavy atom. The normalized spacial score (nSPS) is 17.0. The van der Waals surface area contributed by atoms with Crippen LogP contribution in [0.15, 0.2) is 46.3 Å². The zero-order valence-electron chi connectivity index (χ0n) is 14.6. The van der Waals surface area contributed by atoms with Crippen LogP contribution in [0.1, 0.15) is 22.3 Å². The Hall–Kier alpha value is -2.93. The number of nitrogens with zero attached hydrogens (tertiary/aromatic N) is 2. The first-order valence-corrected chi connectivity index (χ1v) is 8.76. The Kier molecular flexibility index (Phi) is 4.90. The molecule has 1 fully saturated rings. The third kappa shape index (κ3) is 4.00. The van der Waals surface area contributed by atoms with E-state index < -0.39 is 4.92 Å². The summed E-state index contributed by atoms with van der Waals surface area (Å²) in [4.78, 5) is 27.8. The van der Waals surface area contributed by atoms with E-state index in [4.69, 9.17) is 0 Å². The molecule has 1 amide bonds. The van der Waals surface area contributed by atoms with Gasteiger partial charge in [0.05, 0.1) is 15.5 Å². The summed E-state index contributed by atoms with van der Waals surface area (Å²) in [5.41, 5.74) is 4.19. The summed E-state index contributed by atoms with van der Waals surface area (Å²) in [6.45, 7) is 5.67. The lowest BCUT2D eigenvalue weighted by Crippen LogP contribution is -2.19. The minimum absolute atomic E-state index is 0.0341. The molecule has 2 aromatic carbocycles. The smallest absolute Gasteiger partial charge is 0.272 e. The first-order chi connectivity index (χ1) is 12.3. The van der Waals surface area contributed by atoms with E-state index in [1.807, 2.05) is 26.0 Å². The molecule has 1 saturated heterocycles. The molecular weight excluding hydrogens is 350 g/mol. The molecule has 132 valence electrons. The molecule has 0 unspecified atom stereocenters. The van der Waals surface area contributed by atoms with Crippen molar-refractivity contribution in [1.82, 2.24) is 5.32 Å². The summed E-state index contributed by atoms with van der Waals surface area (Å²) < 4.78 is 0. The highest BCUT2D eigenvalue weighted by Crippen LogP contribution is 2.30. The number of aryl methyl sites for hydroxylation is 3. The summed E-state index contributed by atoms with van der Waals surface area (Å²) in [7, 11) is 0. The molecule has 0 saturated carbocycles. The van der Waals surface area contributed by atoms with E-state index in [-0.39, 0.29) is 11.6 Å². The summed E-state index contributed by atoms with van der Waals surface area (Å²) >= 11 is 1.22. The predicted octanol–water partition coefficient (Wildman–Crippen LogP) is 4.41. The molecular formula is C19H17N3O3S. The Labute approximate surface area is 155 Å². The van der Waals surface area contributed by atoms with Gasteiger partial charge < -0.3 is 5.32 Å². The number of rotatable bonds is 3. The molecule has 1 N–H and O–H groups in total. The molecule has 1 heterocycles. The van der Waals surface area contributed by atoms with Crippen LogP contribution in [-0.2, 0) is 4.79 Å². The lowest BCUT2D eigenvalue weighted by atomic mass is 10.1. The maximum Gasteiger partial charge on any atom is 0.272 e. The molecule has 0 radical (unpaired) electrons. The molecule has 0 aliphatic carbocycles. The van der Waals surface area contributed by atoms with Crippen LogP contribution in [0.4, 0.5) is 11.4 Å². The number of carbonyl (C=O) groups is 1. The SMILES string of the molecule is Cc1cc(C)cc(N=C2NC(=O)C(=Cc3ccc(C)c([N+](=O)[O-])c3)S2)c1. The number of nitro benzene ring substituents is 1. The standard InChI is InChI=1S/C19H17N3O3S/c1-11-6-12(2)8-15(7-11)20-19-21-18(23)17(26-19)10-14-5-4-13(3)16(9-14)22(24)25/h4-10H,1-3H3,(H,20,21,23). The number of hydrogen-bond acceptors (Lipinski definition) is 5. The van der Waals surface area contributed by atoms with Crippen LogP contribution < -0.4 is 5.32 Å². The Balaban J connectivity index is 1.88. The second kappa shape index (κ2) is 7.13. The first-order valence-electron chi connectivity index (χ1n) is 7.95. The van der Waals surface area contributed by atoms with E-state index in [9.17, 15) is 14.9 Å². The highest BCUT2D eigenvalue weighted by molar-refractivity contribution is 8.18. The van der Waals surface area contributed by atoms with Crippen LogP contribution in [0.3, 0.4) is 0 Å². The van der Waals surface area contributed by atoms with E-state index in [1.54, 1.807) is 25.1 Å². The Morgan fingerprint density at radius 2 is 1.81 bits per heavy atom. The average molecular weight is 367 g/mol. The molecule has 1 aliphatic heterocycles. The zero-order valence-corrected chi connectivity index (χ0v) is 15.4. The van der Waals surface area contributed by atoms with Crippen LogP contribution in [0.25, 0.3) is 6.08 Å². The van der Waals surface area contributed by atoms with E-state index in [1.165, 1.54) is 17.8 Å². The predicted molar refractivity (Wildman–Crippen MR) is 105 cm³/mol. The highest BCUT2D eigenvalue weighted by Gasteiger charge is 2.24. The van der Waals surface area contributed by atoms with Gasteiger partial charge in [-0.25, -0.2) is 4.99 Å². The fourth-order valence-corrected chi connectivity index (χ4v) is 3.52. The van der Waals surface area contributed by atoms with Crippen molar-refractivity contribution < 1.29 is 9.72 Å². The van der Waals surface area contributed by atoms with E-state index >= 15 is 0 Å². The number of amidine groups is 1. The molecule has 3 rings (SSSR count). The fraction of sp³-hybridized carbons (Fsp3) is 0.158. The summed E-state index contributed by atoms with van der Waals surface area (Å²) in [6.07, 6.45) is 1.64. The largest absolute Gasteiger partial charge is 0.300 e. The summed E-state index contributed by atoms with van der Waals surface area (Å²) in [5, 5.41) is 14.3. The van der Waals surface area contributed by atoms with Crippen LogP contribution in [0.5, 0.6) is 0 Å². The quantitative estimate of drug-likeness (QED) is 0.495. The van der Waals surface area contributed by atoms with E-state index in [2.05, 4.69) is 16.4 Å². The monoisotopic (exact) mass is 367 g/mol. The van der Waals surface area contributed by atoms with Gasteiger partial charge in [0.15, 0.2) is 5.17 Å². The highest BCUT2D eigenvalue weighted by atomic mass is 32.2. The minimum atomic E-state index is -0.424. The molecule has 26 heavy (non-hydrogen) atoms. The molecule has 7 heteroatoms. The van der Waals surface area contributed by atoms with Crippen molar-refractivity contribution in [3.63, 3.8) is 0 Å². The molecule has 0 aromatic heterocycles. The van der Waals surface area contributed by atoms with Gasteiger partial charge in [-0.2, -0.15) is 0 Å². The van der Waals surface area contributed by atoms with Crippen LogP contribution >= 0.6 is 11.8 Å². The van der Waals surface area contributed by atoms with Crippen molar-refractivity contribution in [2.75, 3.05) is 0 Å². The van der Waals surface area contributed by atoms with Gasteiger partial charge >= 0.3 is 0 Å². The average Bonchev–Trinajstić information content (AvgIpc) is 2.87. The maximum atomic E-state index is 12.2. The molecule has 1 aliphatic rings.